The van der Waals surface area contributed by atoms with Crippen LogP contribution in [0.25, 0.3) is 22.3 Å². The van der Waals surface area contributed by atoms with E-state index >= 15 is 0 Å². The molecule has 0 aliphatic rings. The summed E-state index contributed by atoms with van der Waals surface area (Å²) in [5.74, 6) is 0.986. The van der Waals surface area contributed by atoms with Crippen molar-refractivity contribution in [3.63, 3.8) is 0 Å². The molecule has 0 fully saturated rings. The van der Waals surface area contributed by atoms with Gasteiger partial charge in [-0.25, -0.2) is 4.98 Å². The van der Waals surface area contributed by atoms with E-state index in [1.54, 1.807) is 37.4 Å². The van der Waals surface area contributed by atoms with E-state index in [1.807, 2.05) is 13.0 Å². The quantitative estimate of drug-likeness (QED) is 0.757. The van der Waals surface area contributed by atoms with Gasteiger partial charge in [0.25, 0.3) is 5.56 Å². The average molecular weight is 282 g/mol. The minimum Gasteiger partial charge on any atom is -0.507 e. The summed E-state index contributed by atoms with van der Waals surface area (Å²) in [6.45, 7) is 1.83. The first-order chi connectivity index (χ1) is 10.1. The van der Waals surface area contributed by atoms with Gasteiger partial charge in [-0.15, -0.1) is 0 Å². The number of aromatic nitrogens is 2. The second-order valence-electron chi connectivity index (χ2n) is 4.77. The Labute approximate surface area is 120 Å². The molecule has 2 N–H and O–H groups in total. The SMILES string of the molecule is COc1cc(-c2nc3ccccc3c(=O)[nH]2)c(O)cc1C. The van der Waals surface area contributed by atoms with Crippen molar-refractivity contribution in [3.8, 4) is 22.9 Å². The molecule has 3 rings (SSSR count). The number of hydrogen-bond acceptors (Lipinski definition) is 4. The van der Waals surface area contributed by atoms with Crippen molar-refractivity contribution in [1.82, 2.24) is 9.97 Å². The van der Waals surface area contributed by atoms with E-state index in [-0.39, 0.29) is 11.3 Å². The lowest BCUT2D eigenvalue weighted by Crippen LogP contribution is -2.09. The number of nitrogens with one attached hydrogen (secondary N) is 1. The highest BCUT2D eigenvalue weighted by Gasteiger charge is 2.12. The molecule has 106 valence electrons. The van der Waals surface area contributed by atoms with E-state index in [2.05, 4.69) is 9.97 Å². The summed E-state index contributed by atoms with van der Waals surface area (Å²) in [5, 5.41) is 10.6. The average Bonchev–Trinajstić information content (AvgIpc) is 2.47. The number of rotatable bonds is 2. The number of hydrogen-bond donors (Lipinski definition) is 2. The van der Waals surface area contributed by atoms with Crippen molar-refractivity contribution in [1.29, 1.82) is 0 Å². The monoisotopic (exact) mass is 282 g/mol. The standard InChI is InChI=1S/C16H14N2O3/c1-9-7-13(19)11(8-14(9)21-2)15-17-12-6-4-3-5-10(12)16(20)18-15/h3-8,19H,1-2H3,(H,17,18,20). The Kier molecular flexibility index (Phi) is 3.10. The van der Waals surface area contributed by atoms with Crippen LogP contribution in [0, 0.1) is 6.92 Å². The highest BCUT2D eigenvalue weighted by molar-refractivity contribution is 5.80. The Morgan fingerprint density at radius 3 is 2.76 bits per heavy atom. The zero-order chi connectivity index (χ0) is 15.0. The molecule has 0 bridgehead atoms. The van der Waals surface area contributed by atoms with Gasteiger partial charge in [0.2, 0.25) is 0 Å². The van der Waals surface area contributed by atoms with E-state index in [1.165, 1.54) is 0 Å². The number of aryl methyl sites for hydroxylation is 1. The zero-order valence-electron chi connectivity index (χ0n) is 11.7. The number of para-hydroxylation sites is 1. The zero-order valence-corrected chi connectivity index (χ0v) is 11.7. The molecule has 21 heavy (non-hydrogen) atoms. The molecular weight excluding hydrogens is 268 g/mol. The van der Waals surface area contributed by atoms with Crippen molar-refractivity contribution >= 4 is 10.9 Å². The molecule has 0 aliphatic carbocycles. The molecule has 0 aliphatic heterocycles. The Morgan fingerprint density at radius 2 is 2.00 bits per heavy atom. The Morgan fingerprint density at radius 1 is 1.24 bits per heavy atom. The van der Waals surface area contributed by atoms with Crippen LogP contribution in [0.1, 0.15) is 5.56 Å². The van der Waals surface area contributed by atoms with Crippen LogP contribution in [0.15, 0.2) is 41.2 Å². The van der Waals surface area contributed by atoms with E-state index < -0.39 is 0 Å². The number of nitrogens with zero attached hydrogens (tertiary/aromatic N) is 1. The van der Waals surface area contributed by atoms with Crippen LogP contribution >= 0.6 is 0 Å². The molecule has 0 amide bonds. The van der Waals surface area contributed by atoms with Crippen LogP contribution in [-0.4, -0.2) is 22.2 Å². The summed E-state index contributed by atoms with van der Waals surface area (Å²) in [4.78, 5) is 19.2. The van der Waals surface area contributed by atoms with Gasteiger partial charge in [0.15, 0.2) is 0 Å². The molecule has 1 aromatic heterocycles. The lowest BCUT2D eigenvalue weighted by atomic mass is 10.1. The largest absolute Gasteiger partial charge is 0.507 e. The van der Waals surface area contributed by atoms with E-state index in [4.69, 9.17) is 4.74 Å². The molecule has 0 unspecified atom stereocenters. The summed E-state index contributed by atoms with van der Waals surface area (Å²) in [5.41, 5.74) is 1.58. The number of aromatic amines is 1. The normalized spacial score (nSPS) is 10.8. The molecule has 2 aromatic carbocycles. The summed E-state index contributed by atoms with van der Waals surface area (Å²) < 4.78 is 5.25. The number of phenolic OH excluding ortho intramolecular Hbond substituents is 1. The highest BCUT2D eigenvalue weighted by Crippen LogP contribution is 2.33. The third-order valence-corrected chi connectivity index (χ3v) is 3.38. The van der Waals surface area contributed by atoms with Crippen molar-refractivity contribution in [2.45, 2.75) is 6.92 Å². The molecule has 3 aromatic rings. The van der Waals surface area contributed by atoms with Crippen LogP contribution in [0.2, 0.25) is 0 Å². The van der Waals surface area contributed by atoms with Crippen molar-refractivity contribution < 1.29 is 9.84 Å². The summed E-state index contributed by atoms with van der Waals surface area (Å²) in [6, 6.07) is 10.3. The number of H-pyrrole nitrogens is 1. The van der Waals surface area contributed by atoms with Crippen molar-refractivity contribution in [3.05, 3.63) is 52.3 Å². The second-order valence-corrected chi connectivity index (χ2v) is 4.77. The number of benzene rings is 2. The predicted octanol–water partition coefficient (Wildman–Crippen LogP) is 2.61. The summed E-state index contributed by atoms with van der Waals surface area (Å²) in [7, 11) is 1.56. The highest BCUT2D eigenvalue weighted by atomic mass is 16.5. The van der Waals surface area contributed by atoms with Crippen LogP contribution < -0.4 is 10.3 Å². The first kappa shape index (κ1) is 13.2. The molecular formula is C16H14N2O3. The van der Waals surface area contributed by atoms with Gasteiger partial charge < -0.3 is 14.8 Å². The summed E-state index contributed by atoms with van der Waals surface area (Å²) >= 11 is 0. The van der Waals surface area contributed by atoms with Crippen molar-refractivity contribution in [2.75, 3.05) is 7.11 Å². The van der Waals surface area contributed by atoms with Crippen LogP contribution in [-0.2, 0) is 0 Å². The van der Waals surface area contributed by atoms with E-state index in [0.717, 1.165) is 5.56 Å². The van der Waals surface area contributed by atoms with Crippen LogP contribution in [0.3, 0.4) is 0 Å². The number of aromatic hydroxyl groups is 1. The van der Waals surface area contributed by atoms with Gasteiger partial charge >= 0.3 is 0 Å². The first-order valence-electron chi connectivity index (χ1n) is 6.47. The fraction of sp³-hybridized carbons (Fsp3) is 0.125. The molecule has 5 heteroatoms. The summed E-state index contributed by atoms with van der Waals surface area (Å²) in [6.07, 6.45) is 0. The van der Waals surface area contributed by atoms with Gasteiger partial charge in [-0.2, -0.15) is 0 Å². The van der Waals surface area contributed by atoms with Crippen LogP contribution in [0.4, 0.5) is 0 Å². The lowest BCUT2D eigenvalue weighted by Gasteiger charge is -2.10. The Balaban J connectivity index is 2.28. The predicted molar refractivity (Wildman–Crippen MR) is 80.8 cm³/mol. The molecule has 0 saturated heterocycles. The Bertz CT molecular complexity index is 884. The smallest absolute Gasteiger partial charge is 0.259 e. The van der Waals surface area contributed by atoms with Crippen LogP contribution in [0.5, 0.6) is 11.5 Å². The molecule has 5 nitrogen and oxygen atoms in total. The molecule has 0 saturated carbocycles. The van der Waals surface area contributed by atoms with E-state index in [0.29, 0.717) is 28.0 Å². The Hall–Kier alpha value is -2.82. The maximum atomic E-state index is 12.1. The second kappa shape index (κ2) is 4.94. The first-order valence-corrected chi connectivity index (χ1v) is 6.47. The van der Waals surface area contributed by atoms with Gasteiger partial charge in [0, 0.05) is 0 Å². The minimum absolute atomic E-state index is 0.0479. The fourth-order valence-corrected chi connectivity index (χ4v) is 2.30. The van der Waals surface area contributed by atoms with Gasteiger partial charge in [-0.05, 0) is 36.8 Å². The van der Waals surface area contributed by atoms with Gasteiger partial charge in [-0.1, -0.05) is 12.1 Å². The van der Waals surface area contributed by atoms with Gasteiger partial charge in [0.05, 0.1) is 23.6 Å². The van der Waals surface area contributed by atoms with Crippen molar-refractivity contribution in [2.24, 2.45) is 0 Å². The van der Waals surface area contributed by atoms with Gasteiger partial charge in [-0.3, -0.25) is 4.79 Å². The maximum absolute atomic E-state index is 12.1. The topological polar surface area (TPSA) is 75.2 Å². The third kappa shape index (κ3) is 2.23. The van der Waals surface area contributed by atoms with E-state index in [9.17, 15) is 9.90 Å². The minimum atomic E-state index is -0.241. The van der Waals surface area contributed by atoms with Gasteiger partial charge in [0.1, 0.15) is 17.3 Å². The lowest BCUT2D eigenvalue weighted by molar-refractivity contribution is 0.409. The number of methoxy groups -OCH3 is 1. The molecule has 0 radical (unpaired) electrons. The molecule has 0 spiro atoms. The fourth-order valence-electron chi connectivity index (χ4n) is 2.30. The number of phenols is 1. The maximum Gasteiger partial charge on any atom is 0.259 e. The number of ether oxygens (including phenoxy) is 1. The molecule has 0 atom stereocenters. The third-order valence-electron chi connectivity index (χ3n) is 3.38. The number of fused-ring (bicyclic) bond motifs is 1. The molecule has 1 heterocycles.